The molecule has 6 N–H and O–H groups in total. The van der Waals surface area contributed by atoms with Crippen molar-refractivity contribution >= 4 is 0 Å². The van der Waals surface area contributed by atoms with E-state index in [1.165, 1.54) is 0 Å². The summed E-state index contributed by atoms with van der Waals surface area (Å²) in [4.78, 5) is 2.22. The molecule has 0 saturated heterocycles. The molecule has 0 bridgehead atoms. The number of hydrogen-bond donors (Lipinski definition) is 3. The van der Waals surface area contributed by atoms with Gasteiger partial charge < -0.3 is 17.2 Å². The Morgan fingerprint density at radius 3 is 1.15 bits per heavy atom. The Balaban J connectivity index is 3.87. The summed E-state index contributed by atoms with van der Waals surface area (Å²) in [7, 11) is 0. The fraction of sp³-hybridized carbons (Fsp3) is 1.00. The average molecular weight is 188 g/mol. The Morgan fingerprint density at radius 1 is 0.769 bits per heavy atom. The predicted octanol–water partition coefficient (Wildman–Crippen LogP) is -0.670. The van der Waals surface area contributed by atoms with Gasteiger partial charge in [0.2, 0.25) is 0 Å². The number of nitrogens with zero attached hydrogens (tertiary/aromatic N) is 1. The molecule has 0 fully saturated rings. The van der Waals surface area contributed by atoms with E-state index < -0.39 is 0 Å². The maximum atomic E-state index is 5.72. The SMILES string of the molecule is C[C@H](N)CN(C[C@H](C)N)C[C@H](C)N. The third-order valence-corrected chi connectivity index (χ3v) is 1.64. The molecule has 0 aromatic carbocycles. The molecule has 13 heavy (non-hydrogen) atoms. The van der Waals surface area contributed by atoms with Crippen LogP contribution in [0.5, 0.6) is 0 Å². The summed E-state index contributed by atoms with van der Waals surface area (Å²) >= 11 is 0. The third-order valence-electron chi connectivity index (χ3n) is 1.64. The molecule has 0 aromatic heterocycles. The van der Waals surface area contributed by atoms with Crippen molar-refractivity contribution in [3.8, 4) is 0 Å². The van der Waals surface area contributed by atoms with E-state index in [0.29, 0.717) is 0 Å². The lowest BCUT2D eigenvalue weighted by Gasteiger charge is -2.27. The molecule has 0 aliphatic rings. The van der Waals surface area contributed by atoms with Crippen molar-refractivity contribution in [3.05, 3.63) is 0 Å². The first-order valence-electron chi connectivity index (χ1n) is 4.91. The summed E-state index contributed by atoms with van der Waals surface area (Å²) < 4.78 is 0. The molecule has 0 saturated carbocycles. The summed E-state index contributed by atoms with van der Waals surface area (Å²) in [6.07, 6.45) is 0. The van der Waals surface area contributed by atoms with Crippen molar-refractivity contribution in [2.45, 2.75) is 38.9 Å². The first-order chi connectivity index (χ1) is 5.91. The molecule has 0 unspecified atom stereocenters. The average Bonchev–Trinajstić information content (AvgIpc) is 1.80. The second-order valence-electron chi connectivity index (χ2n) is 4.15. The smallest absolute Gasteiger partial charge is 0.0139 e. The van der Waals surface area contributed by atoms with Gasteiger partial charge in [-0.2, -0.15) is 0 Å². The van der Waals surface area contributed by atoms with Crippen LogP contribution in [-0.2, 0) is 0 Å². The molecule has 0 heterocycles. The summed E-state index contributed by atoms with van der Waals surface area (Å²) in [6.45, 7) is 8.58. The lowest BCUT2D eigenvalue weighted by Crippen LogP contribution is -2.46. The molecule has 0 aromatic rings. The van der Waals surface area contributed by atoms with Crippen molar-refractivity contribution in [1.82, 2.24) is 4.90 Å². The molecule has 0 spiro atoms. The van der Waals surface area contributed by atoms with E-state index in [-0.39, 0.29) is 18.1 Å². The van der Waals surface area contributed by atoms with Gasteiger partial charge in [-0.15, -0.1) is 0 Å². The van der Waals surface area contributed by atoms with E-state index in [1.54, 1.807) is 0 Å². The highest BCUT2D eigenvalue weighted by Gasteiger charge is 2.10. The van der Waals surface area contributed by atoms with Crippen LogP contribution in [0.2, 0.25) is 0 Å². The zero-order valence-electron chi connectivity index (χ0n) is 9.03. The van der Waals surface area contributed by atoms with Crippen LogP contribution in [0.1, 0.15) is 20.8 Å². The van der Waals surface area contributed by atoms with Crippen molar-refractivity contribution in [3.63, 3.8) is 0 Å². The normalized spacial score (nSPS) is 18.7. The molecular weight excluding hydrogens is 164 g/mol. The van der Waals surface area contributed by atoms with Crippen LogP contribution in [0.4, 0.5) is 0 Å². The minimum atomic E-state index is 0.178. The van der Waals surface area contributed by atoms with Crippen molar-refractivity contribution in [1.29, 1.82) is 0 Å². The van der Waals surface area contributed by atoms with Crippen LogP contribution in [0.25, 0.3) is 0 Å². The van der Waals surface area contributed by atoms with Crippen LogP contribution < -0.4 is 17.2 Å². The highest BCUT2D eigenvalue weighted by molar-refractivity contribution is 4.71. The monoisotopic (exact) mass is 188 g/mol. The van der Waals surface area contributed by atoms with Crippen molar-refractivity contribution in [2.75, 3.05) is 19.6 Å². The lowest BCUT2D eigenvalue weighted by atomic mass is 10.2. The molecule has 0 rings (SSSR count). The molecule has 0 radical (unpaired) electrons. The Labute approximate surface area is 81.4 Å². The third kappa shape index (κ3) is 8.18. The van der Waals surface area contributed by atoms with E-state index >= 15 is 0 Å². The van der Waals surface area contributed by atoms with E-state index in [2.05, 4.69) is 4.90 Å². The summed E-state index contributed by atoms with van der Waals surface area (Å²) in [5.41, 5.74) is 17.2. The maximum Gasteiger partial charge on any atom is 0.0139 e. The molecule has 80 valence electrons. The fourth-order valence-electron chi connectivity index (χ4n) is 1.45. The molecule has 0 aliphatic carbocycles. The molecule has 4 nitrogen and oxygen atoms in total. The molecule has 0 aliphatic heterocycles. The van der Waals surface area contributed by atoms with Gasteiger partial charge in [0.1, 0.15) is 0 Å². The highest BCUT2D eigenvalue weighted by atomic mass is 15.2. The van der Waals surface area contributed by atoms with Crippen molar-refractivity contribution in [2.24, 2.45) is 17.2 Å². The van der Waals surface area contributed by atoms with Crippen LogP contribution in [0, 0.1) is 0 Å². The summed E-state index contributed by atoms with van der Waals surface area (Å²) in [5.74, 6) is 0. The largest absolute Gasteiger partial charge is 0.327 e. The minimum Gasteiger partial charge on any atom is -0.327 e. The Kier molecular flexibility index (Phi) is 6.24. The first-order valence-corrected chi connectivity index (χ1v) is 4.91. The van der Waals surface area contributed by atoms with Crippen LogP contribution in [0.15, 0.2) is 0 Å². The van der Waals surface area contributed by atoms with Gasteiger partial charge in [0, 0.05) is 37.8 Å². The van der Waals surface area contributed by atoms with Crippen LogP contribution in [0.3, 0.4) is 0 Å². The van der Waals surface area contributed by atoms with Gasteiger partial charge in [-0.05, 0) is 20.8 Å². The van der Waals surface area contributed by atoms with E-state index in [1.807, 2.05) is 20.8 Å². The van der Waals surface area contributed by atoms with Gasteiger partial charge >= 0.3 is 0 Å². The maximum absolute atomic E-state index is 5.72. The molecule has 3 atom stereocenters. The van der Waals surface area contributed by atoms with Crippen LogP contribution in [-0.4, -0.2) is 42.7 Å². The number of nitrogens with two attached hydrogens (primary N) is 3. The van der Waals surface area contributed by atoms with Gasteiger partial charge in [-0.1, -0.05) is 0 Å². The van der Waals surface area contributed by atoms with E-state index in [0.717, 1.165) is 19.6 Å². The summed E-state index contributed by atoms with van der Waals surface area (Å²) in [5, 5.41) is 0. The van der Waals surface area contributed by atoms with Gasteiger partial charge in [0.05, 0.1) is 0 Å². The lowest BCUT2D eigenvalue weighted by molar-refractivity contribution is 0.239. The Bertz CT molecular complexity index is 99.0. The second kappa shape index (κ2) is 6.32. The zero-order valence-corrected chi connectivity index (χ0v) is 9.03. The van der Waals surface area contributed by atoms with Gasteiger partial charge in [0.15, 0.2) is 0 Å². The topological polar surface area (TPSA) is 81.3 Å². The minimum absolute atomic E-state index is 0.178. The number of hydrogen-bond acceptors (Lipinski definition) is 4. The molecule has 4 heteroatoms. The predicted molar refractivity (Wildman–Crippen MR) is 57.4 cm³/mol. The second-order valence-corrected chi connectivity index (χ2v) is 4.15. The van der Waals surface area contributed by atoms with Gasteiger partial charge in [-0.25, -0.2) is 0 Å². The Hall–Kier alpha value is -0.160. The van der Waals surface area contributed by atoms with E-state index in [9.17, 15) is 0 Å². The standard InChI is InChI=1S/C9H24N4/c1-7(10)4-13(5-8(2)11)6-9(3)12/h7-9H,4-6,10-12H2,1-3H3/t7-,8-,9-/m0/s1. The Morgan fingerprint density at radius 2 is 1.00 bits per heavy atom. The fourth-order valence-corrected chi connectivity index (χ4v) is 1.45. The molecule has 0 amide bonds. The summed E-state index contributed by atoms with van der Waals surface area (Å²) in [6, 6.07) is 0.535. The van der Waals surface area contributed by atoms with Crippen LogP contribution >= 0.6 is 0 Å². The quantitative estimate of drug-likeness (QED) is 0.516. The van der Waals surface area contributed by atoms with Crippen molar-refractivity contribution < 1.29 is 0 Å². The van der Waals surface area contributed by atoms with Gasteiger partial charge in [0.25, 0.3) is 0 Å². The zero-order chi connectivity index (χ0) is 10.4. The number of rotatable bonds is 6. The first kappa shape index (κ1) is 12.8. The van der Waals surface area contributed by atoms with Gasteiger partial charge in [-0.3, -0.25) is 4.90 Å². The van der Waals surface area contributed by atoms with E-state index in [4.69, 9.17) is 17.2 Å². The molecular formula is C9H24N4. The highest BCUT2D eigenvalue weighted by Crippen LogP contribution is 1.94.